The zero-order valence-corrected chi connectivity index (χ0v) is 30.4. The van der Waals surface area contributed by atoms with Crippen LogP contribution >= 0.6 is 0 Å². The number of fused-ring (bicyclic) bond motifs is 8. The minimum Gasteiger partial charge on any atom is -0.481 e. The molecule has 0 fully saturated rings. The van der Waals surface area contributed by atoms with E-state index in [9.17, 15) is 29.4 Å². The molecule has 278 valence electrons. The van der Waals surface area contributed by atoms with Crippen LogP contribution in [0.2, 0.25) is 0 Å². The Morgan fingerprint density at radius 1 is 0.623 bits per heavy atom. The van der Waals surface area contributed by atoms with Crippen molar-refractivity contribution in [2.45, 2.75) is 66.2 Å². The van der Waals surface area contributed by atoms with Crippen LogP contribution in [0.1, 0.15) is 91.0 Å². The first kappa shape index (κ1) is 39.7. The molecule has 2 aliphatic rings. The second kappa shape index (κ2) is 17.4. The van der Waals surface area contributed by atoms with E-state index in [0.29, 0.717) is 31.6 Å². The minimum atomic E-state index is -0.883. The van der Waals surface area contributed by atoms with Crippen molar-refractivity contribution in [3.05, 3.63) is 88.5 Å². The number of carboxylic acid groups (broad SMARTS) is 4. The first-order valence-corrected chi connectivity index (χ1v) is 17.1. The molecule has 5 heterocycles. The Labute approximate surface area is 306 Å². The van der Waals surface area contributed by atoms with Crippen LogP contribution in [0, 0.1) is 13.8 Å². The molecule has 8 bridgehead atoms. The van der Waals surface area contributed by atoms with Crippen LogP contribution in [0.25, 0.3) is 50.4 Å². The van der Waals surface area contributed by atoms with E-state index in [-0.39, 0.29) is 25.7 Å². The molecule has 0 saturated heterocycles. The van der Waals surface area contributed by atoms with Gasteiger partial charge < -0.3 is 35.7 Å². The minimum absolute atomic E-state index is 0.0259. The van der Waals surface area contributed by atoms with Crippen LogP contribution < -0.4 is 5.32 Å². The van der Waals surface area contributed by atoms with Crippen molar-refractivity contribution in [2.24, 2.45) is 0 Å². The molecule has 0 amide bonds. The monoisotopic (exact) mass is 723 g/mol. The second-order valence-electron chi connectivity index (χ2n) is 12.8. The predicted molar refractivity (Wildman–Crippen MR) is 206 cm³/mol. The Balaban J connectivity index is 0.000000495. The Kier molecular flexibility index (Phi) is 13.1. The zero-order valence-electron chi connectivity index (χ0n) is 30.4. The molecule has 13 heteroatoms. The number of rotatable bonds is 14. The smallest absolute Gasteiger partial charge is 0.304 e. The molecular weight excluding hydrogens is 678 g/mol. The highest BCUT2D eigenvalue weighted by Gasteiger charge is 2.21. The standard InChI is InChI=1S/C34H34N4O4.C6H11NO4/c1-7-21-17(3)25-13-26-19(5)23(9-11-33(39)40)31(37-26)16-32-24(10-12-34(41)42)20(6)28(38-32)15-30-22(8-2)18(4)27(36-30)14-29(21)35-25;8-5(9)1-3-7-4-2-6(10)11/h7-8,13-16,35,38H,1-2,9-12H2,3-6H3,(H,39,40)(H,41,42);7H,1-4H2,(H,8,9)(H,10,11). The number of aryl methyl sites for hydroxylation is 3. The van der Waals surface area contributed by atoms with Crippen LogP contribution in [0.4, 0.5) is 0 Å². The Morgan fingerprint density at radius 3 is 1.70 bits per heavy atom. The lowest BCUT2D eigenvalue weighted by Gasteiger charge is -2.03. The summed E-state index contributed by atoms with van der Waals surface area (Å²) in [6, 6.07) is 7.88. The number of H-pyrrole nitrogens is 2. The molecule has 7 N–H and O–H groups in total. The van der Waals surface area contributed by atoms with Gasteiger partial charge in [-0.05, 0) is 98.2 Å². The van der Waals surface area contributed by atoms with Crippen molar-refractivity contribution in [2.75, 3.05) is 13.1 Å². The van der Waals surface area contributed by atoms with Gasteiger partial charge in [0, 0.05) is 59.1 Å². The summed E-state index contributed by atoms with van der Waals surface area (Å²) in [6.45, 7) is 16.7. The predicted octanol–water partition coefficient (Wildman–Crippen LogP) is 7.03. The molecule has 0 unspecified atom stereocenters. The highest BCUT2D eigenvalue weighted by atomic mass is 16.4. The van der Waals surface area contributed by atoms with Crippen molar-refractivity contribution < 1.29 is 39.6 Å². The highest BCUT2D eigenvalue weighted by molar-refractivity contribution is 5.98. The highest BCUT2D eigenvalue weighted by Crippen LogP contribution is 2.36. The molecule has 0 aliphatic carbocycles. The summed E-state index contributed by atoms with van der Waals surface area (Å²) in [5.41, 5.74) is 13.7. The number of carboxylic acids is 4. The van der Waals surface area contributed by atoms with Crippen LogP contribution in [0.5, 0.6) is 0 Å². The maximum Gasteiger partial charge on any atom is 0.304 e. The van der Waals surface area contributed by atoms with E-state index in [1.807, 2.05) is 58.0 Å². The van der Waals surface area contributed by atoms with E-state index in [0.717, 1.165) is 83.7 Å². The first-order chi connectivity index (χ1) is 25.1. The Bertz CT molecular complexity index is 2200. The summed E-state index contributed by atoms with van der Waals surface area (Å²) < 4.78 is 0. The van der Waals surface area contributed by atoms with Gasteiger partial charge in [-0.3, -0.25) is 19.2 Å². The van der Waals surface area contributed by atoms with Crippen LogP contribution in [0.3, 0.4) is 0 Å². The van der Waals surface area contributed by atoms with Gasteiger partial charge in [0.15, 0.2) is 0 Å². The van der Waals surface area contributed by atoms with E-state index in [4.69, 9.17) is 20.2 Å². The van der Waals surface area contributed by atoms with Crippen LogP contribution in [-0.4, -0.2) is 77.3 Å². The normalized spacial score (nSPS) is 12.3. The molecule has 2 aliphatic heterocycles. The maximum absolute atomic E-state index is 11.5. The van der Waals surface area contributed by atoms with Crippen molar-refractivity contribution >= 4 is 74.3 Å². The molecule has 3 aromatic heterocycles. The van der Waals surface area contributed by atoms with E-state index < -0.39 is 23.9 Å². The number of aliphatic carboxylic acids is 4. The summed E-state index contributed by atoms with van der Waals surface area (Å²) in [5.74, 6) is -3.53. The van der Waals surface area contributed by atoms with Gasteiger partial charge in [0.25, 0.3) is 0 Å². The maximum atomic E-state index is 11.5. The largest absolute Gasteiger partial charge is 0.481 e. The molecule has 3 aromatic rings. The fraction of sp³-hybridized carbons (Fsp3) is 0.300. The Hall–Kier alpha value is -6.08. The summed E-state index contributed by atoms with van der Waals surface area (Å²) in [6.07, 6.45) is 4.28. The van der Waals surface area contributed by atoms with E-state index in [1.165, 1.54) is 0 Å². The average Bonchev–Trinajstić information content (AvgIpc) is 3.75. The molecule has 0 spiro atoms. The number of nitrogens with one attached hydrogen (secondary N) is 3. The zero-order chi connectivity index (χ0) is 39.0. The molecule has 0 aromatic carbocycles. The van der Waals surface area contributed by atoms with Crippen molar-refractivity contribution in [3.63, 3.8) is 0 Å². The lowest BCUT2D eigenvalue weighted by Crippen LogP contribution is -2.21. The third kappa shape index (κ3) is 9.63. The van der Waals surface area contributed by atoms with E-state index >= 15 is 0 Å². The van der Waals surface area contributed by atoms with Crippen molar-refractivity contribution in [3.8, 4) is 0 Å². The summed E-state index contributed by atoms with van der Waals surface area (Å²) >= 11 is 0. The number of nitrogens with zero attached hydrogens (tertiary/aromatic N) is 2. The molecule has 53 heavy (non-hydrogen) atoms. The van der Waals surface area contributed by atoms with Crippen molar-refractivity contribution in [1.29, 1.82) is 0 Å². The van der Waals surface area contributed by atoms with Gasteiger partial charge in [-0.1, -0.05) is 25.3 Å². The molecule has 0 atom stereocenters. The fourth-order valence-electron chi connectivity index (χ4n) is 6.28. The third-order valence-corrected chi connectivity index (χ3v) is 9.25. The average molecular weight is 724 g/mol. The lowest BCUT2D eigenvalue weighted by molar-refractivity contribution is -0.138. The van der Waals surface area contributed by atoms with Gasteiger partial charge in [-0.2, -0.15) is 0 Å². The van der Waals surface area contributed by atoms with E-state index in [1.54, 1.807) is 6.08 Å². The van der Waals surface area contributed by atoms with Gasteiger partial charge >= 0.3 is 23.9 Å². The van der Waals surface area contributed by atoms with Gasteiger partial charge in [0.1, 0.15) is 0 Å². The number of allylic oxidation sites excluding steroid dienone is 5. The van der Waals surface area contributed by atoms with Gasteiger partial charge in [-0.25, -0.2) is 9.97 Å². The molecule has 0 saturated carbocycles. The Morgan fingerprint density at radius 2 is 1.11 bits per heavy atom. The number of hydrogen-bond donors (Lipinski definition) is 7. The second-order valence-corrected chi connectivity index (χ2v) is 12.8. The van der Waals surface area contributed by atoms with Gasteiger partial charge in [-0.15, -0.1) is 0 Å². The van der Waals surface area contributed by atoms with Gasteiger partial charge in [0.05, 0.1) is 35.6 Å². The molecule has 13 nitrogen and oxygen atoms in total. The summed E-state index contributed by atoms with van der Waals surface area (Å²) in [4.78, 5) is 59.9. The fourth-order valence-corrected chi connectivity index (χ4v) is 6.28. The molecular formula is C40H45N5O8. The van der Waals surface area contributed by atoms with Crippen LogP contribution in [-0.2, 0) is 25.6 Å². The van der Waals surface area contributed by atoms with Crippen molar-refractivity contribution in [1.82, 2.24) is 25.3 Å². The SMILES string of the molecule is C=CC1=C(C)c2cc3[nH]c(cc4nc(cc5[nH]c(cc1n2)c(C)c5CCC(=O)O)C(CCC(=O)O)=C4C)c(C)c3C=C.O=C(O)CCNCCC(=O)O. The number of aromatic nitrogens is 4. The van der Waals surface area contributed by atoms with Crippen LogP contribution in [0.15, 0.2) is 43.5 Å². The number of aromatic amines is 2. The summed E-state index contributed by atoms with van der Waals surface area (Å²) in [5, 5.41) is 37.9. The van der Waals surface area contributed by atoms with Gasteiger partial charge in [0.2, 0.25) is 0 Å². The quantitative estimate of drug-likeness (QED) is 0.0837. The lowest BCUT2D eigenvalue weighted by atomic mass is 10.0. The topological polar surface area (TPSA) is 219 Å². The molecule has 5 rings (SSSR count). The number of hydrogen-bond acceptors (Lipinski definition) is 7. The summed E-state index contributed by atoms with van der Waals surface area (Å²) in [7, 11) is 0. The third-order valence-electron chi connectivity index (χ3n) is 9.25. The van der Waals surface area contributed by atoms with E-state index in [2.05, 4.69) is 28.4 Å². The molecule has 0 radical (unpaired) electrons. The number of carbonyl (C=O) groups is 4. The first-order valence-electron chi connectivity index (χ1n) is 17.1.